The van der Waals surface area contributed by atoms with E-state index in [1.54, 1.807) is 0 Å². The van der Waals surface area contributed by atoms with Gasteiger partial charge in [-0.15, -0.1) is 0 Å². The van der Waals surface area contributed by atoms with Gasteiger partial charge in [-0.05, 0) is 17.7 Å². The Kier molecular flexibility index (Phi) is 2.94. The first-order valence-corrected chi connectivity index (χ1v) is 3.54. The van der Waals surface area contributed by atoms with Crippen molar-refractivity contribution in [3.05, 3.63) is 34.9 Å². The Morgan fingerprint density at radius 1 is 1.58 bits per heavy atom. The van der Waals surface area contributed by atoms with Crippen LogP contribution in [0.15, 0.2) is 18.3 Å². The summed E-state index contributed by atoms with van der Waals surface area (Å²) in [5.41, 5.74) is 0.591. The Balaban J connectivity index is 2.96. The number of carbonyl (C=O) groups is 1. The highest BCUT2D eigenvalue weighted by atomic mass is 35.5. The van der Waals surface area contributed by atoms with Crippen LogP contribution in [-0.4, -0.2) is 11.3 Å². The number of nitrogens with zero attached hydrogens (tertiary/aromatic N) is 1. The Morgan fingerprint density at radius 2 is 2.33 bits per heavy atom. The molecule has 4 heteroatoms. The molecule has 0 aliphatic heterocycles. The number of aldehydes is 1. The second-order valence-electron chi connectivity index (χ2n) is 2.04. The Bertz CT molecular complexity index is 325. The highest BCUT2D eigenvalue weighted by Crippen LogP contribution is 2.13. The fourth-order valence-electron chi connectivity index (χ4n) is 0.678. The van der Waals surface area contributed by atoms with Crippen LogP contribution in [-0.2, 0) is 4.79 Å². The Hall–Kier alpha value is -1.22. The quantitative estimate of drug-likeness (QED) is 0.401. The fraction of sp³-hybridized carbons (Fsp3) is 0. The third-order valence-corrected chi connectivity index (χ3v) is 1.45. The van der Waals surface area contributed by atoms with E-state index < -0.39 is 5.95 Å². The van der Waals surface area contributed by atoms with Crippen molar-refractivity contribution in [2.75, 3.05) is 0 Å². The zero-order valence-corrected chi connectivity index (χ0v) is 6.75. The molecule has 0 saturated carbocycles. The number of aromatic nitrogens is 1. The van der Waals surface area contributed by atoms with Crippen molar-refractivity contribution in [1.29, 1.82) is 0 Å². The van der Waals surface area contributed by atoms with Crippen molar-refractivity contribution < 1.29 is 9.18 Å². The van der Waals surface area contributed by atoms with E-state index in [1.165, 1.54) is 24.4 Å². The summed E-state index contributed by atoms with van der Waals surface area (Å²) in [7, 11) is 0. The monoisotopic (exact) mass is 185 g/mol. The molecule has 0 atom stereocenters. The van der Waals surface area contributed by atoms with Crippen LogP contribution in [0.5, 0.6) is 0 Å². The summed E-state index contributed by atoms with van der Waals surface area (Å²) in [6, 6.07) is 1.39. The molecule has 0 fully saturated rings. The molecule has 1 aromatic rings. The van der Waals surface area contributed by atoms with Crippen molar-refractivity contribution in [3.8, 4) is 0 Å². The Morgan fingerprint density at radius 3 is 2.92 bits per heavy atom. The van der Waals surface area contributed by atoms with E-state index in [9.17, 15) is 9.18 Å². The topological polar surface area (TPSA) is 30.0 Å². The van der Waals surface area contributed by atoms with Crippen LogP contribution >= 0.6 is 11.6 Å². The van der Waals surface area contributed by atoms with E-state index in [1.807, 2.05) is 0 Å². The molecule has 0 aliphatic rings. The molecule has 0 unspecified atom stereocenters. The molecular formula is C8H5ClFNO. The van der Waals surface area contributed by atoms with Gasteiger partial charge >= 0.3 is 0 Å². The maximum Gasteiger partial charge on any atom is 0.231 e. The predicted molar refractivity (Wildman–Crippen MR) is 44.3 cm³/mol. The number of rotatable bonds is 2. The number of halogens is 2. The molecule has 12 heavy (non-hydrogen) atoms. The molecule has 0 bridgehead atoms. The van der Waals surface area contributed by atoms with Gasteiger partial charge in [-0.25, -0.2) is 4.98 Å². The van der Waals surface area contributed by atoms with Gasteiger partial charge in [0, 0.05) is 6.20 Å². The van der Waals surface area contributed by atoms with E-state index in [0.717, 1.165) is 0 Å². The maximum absolute atomic E-state index is 12.5. The largest absolute Gasteiger partial charge is 0.299 e. The van der Waals surface area contributed by atoms with Crippen LogP contribution in [0.25, 0.3) is 6.08 Å². The van der Waals surface area contributed by atoms with Crippen molar-refractivity contribution in [1.82, 2.24) is 4.98 Å². The van der Waals surface area contributed by atoms with Crippen LogP contribution in [0.2, 0.25) is 5.02 Å². The molecular weight excluding hydrogens is 181 g/mol. The molecule has 0 radical (unpaired) electrons. The molecule has 62 valence electrons. The lowest BCUT2D eigenvalue weighted by Gasteiger charge is -1.93. The number of pyridine rings is 1. The van der Waals surface area contributed by atoms with Crippen LogP contribution < -0.4 is 0 Å². The van der Waals surface area contributed by atoms with Crippen LogP contribution in [0.3, 0.4) is 0 Å². The van der Waals surface area contributed by atoms with Gasteiger partial charge < -0.3 is 0 Å². The van der Waals surface area contributed by atoms with Gasteiger partial charge in [0.25, 0.3) is 0 Å². The van der Waals surface area contributed by atoms with Gasteiger partial charge in [-0.1, -0.05) is 17.7 Å². The smallest absolute Gasteiger partial charge is 0.231 e. The summed E-state index contributed by atoms with van der Waals surface area (Å²) < 4.78 is 12.5. The second kappa shape index (κ2) is 3.97. The summed E-state index contributed by atoms with van der Waals surface area (Å²) in [5.74, 6) is -0.708. The van der Waals surface area contributed by atoms with Crippen molar-refractivity contribution in [3.63, 3.8) is 0 Å². The van der Waals surface area contributed by atoms with Gasteiger partial charge in [0.15, 0.2) is 0 Å². The van der Waals surface area contributed by atoms with Gasteiger partial charge in [0.1, 0.15) is 6.29 Å². The van der Waals surface area contributed by atoms with E-state index in [2.05, 4.69) is 4.98 Å². The van der Waals surface area contributed by atoms with E-state index in [4.69, 9.17) is 11.6 Å². The molecule has 0 amide bonds. The van der Waals surface area contributed by atoms with E-state index >= 15 is 0 Å². The first-order valence-electron chi connectivity index (χ1n) is 3.17. The minimum Gasteiger partial charge on any atom is -0.299 e. The number of hydrogen-bond donors (Lipinski definition) is 0. The zero-order valence-electron chi connectivity index (χ0n) is 6.00. The molecule has 0 saturated heterocycles. The van der Waals surface area contributed by atoms with Crippen LogP contribution in [0.1, 0.15) is 5.56 Å². The lowest BCUT2D eigenvalue weighted by molar-refractivity contribution is -0.104. The molecule has 0 spiro atoms. The van der Waals surface area contributed by atoms with Crippen molar-refractivity contribution in [2.45, 2.75) is 0 Å². The number of allylic oxidation sites excluding steroid dienone is 1. The van der Waals surface area contributed by atoms with Crippen LogP contribution in [0, 0.1) is 5.95 Å². The molecule has 1 aromatic heterocycles. The molecule has 2 nitrogen and oxygen atoms in total. The summed E-state index contributed by atoms with van der Waals surface area (Å²) in [6.07, 6.45) is 4.69. The maximum atomic E-state index is 12.5. The lowest BCUT2D eigenvalue weighted by atomic mass is 10.2. The SMILES string of the molecule is O=CC=Cc1cnc(F)c(Cl)c1. The predicted octanol–water partition coefficient (Wildman–Crippen LogP) is 2.09. The normalized spacial score (nSPS) is 10.5. The summed E-state index contributed by atoms with van der Waals surface area (Å²) in [4.78, 5) is 13.3. The fourth-order valence-corrected chi connectivity index (χ4v) is 0.852. The summed E-state index contributed by atoms with van der Waals surface area (Å²) in [6.45, 7) is 0. The standard InChI is InChI=1S/C8H5ClFNO/c9-7-4-6(2-1-3-12)5-11-8(7)10/h1-5H. The second-order valence-corrected chi connectivity index (χ2v) is 2.44. The van der Waals surface area contributed by atoms with Gasteiger partial charge in [0.05, 0.1) is 5.02 Å². The van der Waals surface area contributed by atoms with Crippen molar-refractivity contribution in [2.24, 2.45) is 0 Å². The molecule has 0 aromatic carbocycles. The highest BCUT2D eigenvalue weighted by molar-refractivity contribution is 6.30. The minimum atomic E-state index is -0.708. The third kappa shape index (κ3) is 2.13. The lowest BCUT2D eigenvalue weighted by Crippen LogP contribution is -1.84. The molecule has 1 heterocycles. The highest BCUT2D eigenvalue weighted by Gasteiger charge is 1.99. The van der Waals surface area contributed by atoms with Crippen molar-refractivity contribution >= 4 is 24.0 Å². The Labute approximate surface area is 73.7 Å². The van der Waals surface area contributed by atoms with Gasteiger partial charge in [0.2, 0.25) is 5.95 Å². The third-order valence-electron chi connectivity index (χ3n) is 1.18. The zero-order chi connectivity index (χ0) is 8.97. The van der Waals surface area contributed by atoms with Gasteiger partial charge in [-0.2, -0.15) is 4.39 Å². The number of hydrogen-bond acceptors (Lipinski definition) is 2. The van der Waals surface area contributed by atoms with E-state index in [-0.39, 0.29) is 5.02 Å². The van der Waals surface area contributed by atoms with Crippen LogP contribution in [0.4, 0.5) is 4.39 Å². The summed E-state index contributed by atoms with van der Waals surface area (Å²) >= 11 is 5.43. The van der Waals surface area contributed by atoms with Gasteiger partial charge in [-0.3, -0.25) is 4.79 Å². The average molecular weight is 186 g/mol. The minimum absolute atomic E-state index is 0.0527. The summed E-state index contributed by atoms with van der Waals surface area (Å²) in [5, 5.41) is -0.0527. The first-order chi connectivity index (χ1) is 5.74. The first kappa shape index (κ1) is 8.87. The van der Waals surface area contributed by atoms with E-state index in [0.29, 0.717) is 11.8 Å². The number of carbonyl (C=O) groups excluding carboxylic acids is 1. The molecule has 1 rings (SSSR count). The molecule has 0 aliphatic carbocycles. The average Bonchev–Trinajstić information content (AvgIpc) is 2.07. The molecule has 0 N–H and O–H groups in total.